The highest BCUT2D eigenvalue weighted by Gasteiger charge is 2.10. The second kappa shape index (κ2) is 7.90. The maximum Gasteiger partial charge on any atom is 0.235 e. The van der Waals surface area contributed by atoms with Crippen molar-refractivity contribution in [3.63, 3.8) is 0 Å². The van der Waals surface area contributed by atoms with Gasteiger partial charge in [-0.25, -0.2) is 4.68 Å². The summed E-state index contributed by atoms with van der Waals surface area (Å²) >= 11 is 13.5. The Morgan fingerprint density at radius 1 is 1.36 bits per heavy atom. The molecule has 7 heteroatoms. The average molecular weight is 358 g/mol. The van der Waals surface area contributed by atoms with Crippen LogP contribution in [0.15, 0.2) is 30.5 Å². The van der Waals surface area contributed by atoms with Crippen molar-refractivity contribution in [1.29, 1.82) is 0 Å². The van der Waals surface area contributed by atoms with Gasteiger partial charge in [0.15, 0.2) is 0 Å². The van der Waals surface area contributed by atoms with Crippen molar-refractivity contribution in [2.75, 3.05) is 11.1 Å². The Hall–Kier alpha value is -1.17. The number of halogens is 2. The molecule has 118 valence electrons. The van der Waals surface area contributed by atoms with Gasteiger partial charge in [0.1, 0.15) is 5.82 Å². The van der Waals surface area contributed by atoms with E-state index in [1.165, 1.54) is 11.8 Å². The molecular weight excluding hydrogens is 341 g/mol. The first-order valence-corrected chi connectivity index (χ1v) is 8.73. The SMILES string of the molecule is CC(C)n1nccc1NC(=O)CSCc1ccc(Cl)cc1Cl. The van der Waals surface area contributed by atoms with E-state index in [0.29, 0.717) is 27.4 Å². The Kier molecular flexibility index (Phi) is 6.17. The fourth-order valence-electron chi connectivity index (χ4n) is 1.90. The van der Waals surface area contributed by atoms with Crippen LogP contribution in [-0.2, 0) is 10.5 Å². The number of nitrogens with one attached hydrogen (secondary N) is 1. The van der Waals surface area contributed by atoms with Gasteiger partial charge in [0.25, 0.3) is 0 Å². The molecule has 0 aliphatic rings. The van der Waals surface area contributed by atoms with Crippen LogP contribution in [0.2, 0.25) is 10.0 Å². The molecule has 0 atom stereocenters. The van der Waals surface area contributed by atoms with Crippen LogP contribution >= 0.6 is 35.0 Å². The number of hydrogen-bond acceptors (Lipinski definition) is 3. The third-order valence-electron chi connectivity index (χ3n) is 2.93. The lowest BCUT2D eigenvalue weighted by Gasteiger charge is -2.11. The minimum atomic E-state index is -0.0579. The average Bonchev–Trinajstić information content (AvgIpc) is 2.89. The van der Waals surface area contributed by atoms with Crippen molar-refractivity contribution < 1.29 is 4.79 Å². The number of amides is 1. The minimum Gasteiger partial charge on any atom is -0.310 e. The van der Waals surface area contributed by atoms with Gasteiger partial charge in [-0.3, -0.25) is 4.79 Å². The summed E-state index contributed by atoms with van der Waals surface area (Å²) in [7, 11) is 0. The largest absolute Gasteiger partial charge is 0.310 e. The quantitative estimate of drug-likeness (QED) is 0.818. The van der Waals surface area contributed by atoms with E-state index in [0.717, 1.165) is 5.56 Å². The van der Waals surface area contributed by atoms with Gasteiger partial charge in [-0.1, -0.05) is 29.3 Å². The molecule has 1 heterocycles. The number of rotatable bonds is 6. The standard InChI is InChI=1S/C15H17Cl2N3OS/c1-10(2)20-14(5-6-18-20)19-15(21)9-22-8-11-3-4-12(16)7-13(11)17/h3-7,10H,8-9H2,1-2H3,(H,19,21). The second-order valence-electron chi connectivity index (χ2n) is 5.03. The van der Waals surface area contributed by atoms with Crippen LogP contribution in [0, 0.1) is 0 Å². The third-order valence-corrected chi connectivity index (χ3v) is 4.50. The monoisotopic (exact) mass is 357 g/mol. The van der Waals surface area contributed by atoms with Crippen LogP contribution < -0.4 is 5.32 Å². The van der Waals surface area contributed by atoms with E-state index in [9.17, 15) is 4.79 Å². The van der Waals surface area contributed by atoms with Crippen LogP contribution in [0.3, 0.4) is 0 Å². The molecule has 2 aromatic rings. The van der Waals surface area contributed by atoms with Crippen molar-refractivity contribution in [3.8, 4) is 0 Å². The molecule has 0 bridgehead atoms. The van der Waals surface area contributed by atoms with Crippen molar-refractivity contribution in [2.24, 2.45) is 0 Å². The van der Waals surface area contributed by atoms with Gasteiger partial charge in [0.05, 0.1) is 11.9 Å². The van der Waals surface area contributed by atoms with E-state index >= 15 is 0 Å². The van der Waals surface area contributed by atoms with E-state index in [-0.39, 0.29) is 11.9 Å². The van der Waals surface area contributed by atoms with Crippen LogP contribution in [-0.4, -0.2) is 21.4 Å². The molecule has 1 aromatic carbocycles. The molecule has 0 spiro atoms. The summed E-state index contributed by atoms with van der Waals surface area (Å²) in [4.78, 5) is 12.0. The Balaban J connectivity index is 1.84. The lowest BCUT2D eigenvalue weighted by molar-refractivity contribution is -0.113. The zero-order valence-corrected chi connectivity index (χ0v) is 14.7. The molecule has 0 saturated heterocycles. The summed E-state index contributed by atoms with van der Waals surface area (Å²) < 4.78 is 1.78. The fourth-order valence-corrected chi connectivity index (χ4v) is 3.28. The van der Waals surface area contributed by atoms with E-state index in [1.54, 1.807) is 29.1 Å². The predicted molar refractivity (Wildman–Crippen MR) is 93.9 cm³/mol. The molecule has 2 rings (SSSR count). The number of aromatic nitrogens is 2. The first-order chi connectivity index (χ1) is 10.5. The number of anilines is 1. The highest BCUT2D eigenvalue weighted by atomic mass is 35.5. The number of hydrogen-bond donors (Lipinski definition) is 1. The smallest absolute Gasteiger partial charge is 0.235 e. The first-order valence-electron chi connectivity index (χ1n) is 6.82. The number of thioether (sulfide) groups is 1. The number of carbonyl (C=O) groups excluding carboxylic acids is 1. The lowest BCUT2D eigenvalue weighted by Crippen LogP contribution is -2.18. The predicted octanol–water partition coefficient (Wildman–Crippen LogP) is 4.64. The van der Waals surface area contributed by atoms with Crippen LogP contribution in [0.1, 0.15) is 25.5 Å². The van der Waals surface area contributed by atoms with Crippen molar-refractivity contribution in [1.82, 2.24) is 9.78 Å². The molecule has 4 nitrogen and oxygen atoms in total. The maximum atomic E-state index is 12.0. The van der Waals surface area contributed by atoms with E-state index < -0.39 is 0 Å². The summed E-state index contributed by atoms with van der Waals surface area (Å²) in [6, 6.07) is 7.37. The summed E-state index contributed by atoms with van der Waals surface area (Å²) in [5.74, 6) is 1.66. The molecule has 1 N–H and O–H groups in total. The Morgan fingerprint density at radius 3 is 2.82 bits per heavy atom. The Morgan fingerprint density at radius 2 is 2.14 bits per heavy atom. The maximum absolute atomic E-state index is 12.0. The van der Waals surface area contributed by atoms with Crippen LogP contribution in [0.25, 0.3) is 0 Å². The van der Waals surface area contributed by atoms with Gasteiger partial charge >= 0.3 is 0 Å². The molecule has 1 amide bonds. The molecule has 0 aliphatic carbocycles. The molecular formula is C15H17Cl2N3OS. The van der Waals surface area contributed by atoms with Gasteiger partial charge in [-0.05, 0) is 31.5 Å². The Bertz CT molecular complexity index is 658. The van der Waals surface area contributed by atoms with Gasteiger partial charge in [-0.15, -0.1) is 11.8 Å². The van der Waals surface area contributed by atoms with Crippen molar-refractivity contribution in [2.45, 2.75) is 25.6 Å². The summed E-state index contributed by atoms with van der Waals surface area (Å²) in [6.07, 6.45) is 1.68. The summed E-state index contributed by atoms with van der Waals surface area (Å²) in [5, 5.41) is 8.28. The number of nitrogens with zero attached hydrogens (tertiary/aromatic N) is 2. The number of benzene rings is 1. The highest BCUT2D eigenvalue weighted by molar-refractivity contribution is 7.99. The summed E-state index contributed by atoms with van der Waals surface area (Å²) in [5.41, 5.74) is 0.969. The highest BCUT2D eigenvalue weighted by Crippen LogP contribution is 2.24. The second-order valence-corrected chi connectivity index (χ2v) is 6.86. The third kappa shape index (κ3) is 4.66. The molecule has 22 heavy (non-hydrogen) atoms. The van der Waals surface area contributed by atoms with Gasteiger partial charge in [0.2, 0.25) is 5.91 Å². The Labute approximate surface area is 144 Å². The lowest BCUT2D eigenvalue weighted by atomic mass is 10.2. The van der Waals surface area contributed by atoms with Crippen molar-refractivity contribution in [3.05, 3.63) is 46.1 Å². The van der Waals surface area contributed by atoms with Gasteiger partial charge in [-0.2, -0.15) is 5.10 Å². The zero-order valence-electron chi connectivity index (χ0n) is 12.3. The zero-order chi connectivity index (χ0) is 16.1. The van der Waals surface area contributed by atoms with E-state index in [1.807, 2.05) is 19.9 Å². The van der Waals surface area contributed by atoms with Crippen LogP contribution in [0.5, 0.6) is 0 Å². The molecule has 0 aliphatic heterocycles. The molecule has 0 fully saturated rings. The van der Waals surface area contributed by atoms with E-state index in [2.05, 4.69) is 10.4 Å². The van der Waals surface area contributed by atoms with Gasteiger partial charge < -0.3 is 5.32 Å². The van der Waals surface area contributed by atoms with Crippen LogP contribution in [0.4, 0.5) is 5.82 Å². The van der Waals surface area contributed by atoms with Gasteiger partial charge in [0, 0.05) is 27.9 Å². The molecule has 0 saturated carbocycles. The van der Waals surface area contributed by atoms with E-state index in [4.69, 9.17) is 23.2 Å². The van der Waals surface area contributed by atoms with Crippen molar-refractivity contribution >= 4 is 46.7 Å². The fraction of sp³-hybridized carbons (Fsp3) is 0.333. The molecule has 0 radical (unpaired) electrons. The molecule has 1 aromatic heterocycles. The molecule has 0 unspecified atom stereocenters. The number of carbonyl (C=O) groups is 1. The summed E-state index contributed by atoms with van der Waals surface area (Å²) in [6.45, 7) is 4.03. The normalized spacial score (nSPS) is 11.0. The first kappa shape index (κ1) is 17.2. The minimum absolute atomic E-state index is 0.0579. The topological polar surface area (TPSA) is 46.9 Å².